The van der Waals surface area contributed by atoms with Crippen molar-refractivity contribution in [3.05, 3.63) is 22.4 Å². The molecule has 1 aromatic heterocycles. The van der Waals surface area contributed by atoms with E-state index >= 15 is 0 Å². The number of nitrogens with one attached hydrogen (secondary N) is 1. The third-order valence-corrected chi connectivity index (χ3v) is 3.90. The molecule has 15 heavy (non-hydrogen) atoms. The van der Waals surface area contributed by atoms with Gasteiger partial charge in [-0.05, 0) is 42.5 Å². The molecule has 0 spiro atoms. The fourth-order valence-electron chi connectivity index (χ4n) is 1.37. The summed E-state index contributed by atoms with van der Waals surface area (Å²) < 4.78 is 0. The minimum Gasteiger partial charge on any atom is -0.388 e. The fraction of sp³-hybridized carbons (Fsp3) is 0.636. The Labute approximate surface area is 100 Å². The summed E-state index contributed by atoms with van der Waals surface area (Å²) in [6.45, 7) is 4.62. The Hall–Kier alpha value is -0.0300. The lowest BCUT2D eigenvalue weighted by Gasteiger charge is -2.25. The second kappa shape index (κ2) is 5.89. The first-order valence-electron chi connectivity index (χ1n) is 5.02. The molecule has 2 atom stereocenters. The van der Waals surface area contributed by atoms with Crippen LogP contribution in [0.1, 0.15) is 25.5 Å². The summed E-state index contributed by atoms with van der Waals surface area (Å²) in [5.41, 5.74) is 0.670. The average Bonchev–Trinajstić information content (AvgIpc) is 2.67. The molecule has 0 fully saturated rings. The Morgan fingerprint density at radius 1 is 1.67 bits per heavy atom. The number of rotatable bonds is 6. The minimum absolute atomic E-state index is 0.310. The van der Waals surface area contributed by atoms with Gasteiger partial charge < -0.3 is 10.4 Å². The summed E-state index contributed by atoms with van der Waals surface area (Å²) in [7, 11) is 0. The monoisotopic (exact) mass is 245 g/mol. The van der Waals surface area contributed by atoms with E-state index in [1.807, 2.05) is 13.2 Å². The average molecular weight is 245 g/mol. The van der Waals surface area contributed by atoms with Crippen LogP contribution >= 0.6 is 23.1 Å². The molecule has 0 bridgehead atoms. The van der Waals surface area contributed by atoms with Crippen LogP contribution in [0.15, 0.2) is 16.8 Å². The number of aliphatic hydroxyl groups is 1. The Balaban J connectivity index is 2.37. The summed E-state index contributed by atoms with van der Waals surface area (Å²) in [4.78, 5) is 0. The normalized spacial score (nSPS) is 17.3. The standard InChI is InChI=1S/C11H19NOS2/c1-9(10-4-5-15-6-10)12-7-11(2,13)8-14-3/h4-6,9,12-13H,7-8H2,1-3H3. The first kappa shape index (κ1) is 13.0. The van der Waals surface area contributed by atoms with Crippen LogP contribution in [0.5, 0.6) is 0 Å². The van der Waals surface area contributed by atoms with E-state index in [1.54, 1.807) is 23.1 Å². The Morgan fingerprint density at radius 3 is 2.93 bits per heavy atom. The Morgan fingerprint density at radius 2 is 2.40 bits per heavy atom. The predicted molar refractivity (Wildman–Crippen MR) is 69.7 cm³/mol. The van der Waals surface area contributed by atoms with Gasteiger partial charge in [0.15, 0.2) is 0 Å². The molecule has 4 heteroatoms. The lowest BCUT2D eigenvalue weighted by molar-refractivity contribution is 0.0821. The van der Waals surface area contributed by atoms with Crippen LogP contribution < -0.4 is 5.32 Å². The third kappa shape index (κ3) is 4.55. The smallest absolute Gasteiger partial charge is 0.0833 e. The van der Waals surface area contributed by atoms with Gasteiger partial charge in [-0.25, -0.2) is 0 Å². The quantitative estimate of drug-likeness (QED) is 0.808. The highest BCUT2D eigenvalue weighted by atomic mass is 32.2. The predicted octanol–water partition coefficient (Wildman–Crippen LogP) is 2.51. The minimum atomic E-state index is -0.621. The van der Waals surface area contributed by atoms with E-state index in [1.165, 1.54) is 5.56 Å². The Bertz CT molecular complexity index is 272. The molecule has 2 unspecified atom stereocenters. The molecule has 1 rings (SSSR count). The molecule has 0 radical (unpaired) electrons. The first-order chi connectivity index (χ1) is 7.05. The summed E-state index contributed by atoms with van der Waals surface area (Å²) in [6.07, 6.45) is 2.01. The molecule has 2 N–H and O–H groups in total. The van der Waals surface area contributed by atoms with Gasteiger partial charge in [0.1, 0.15) is 0 Å². The summed E-state index contributed by atoms with van der Waals surface area (Å²) >= 11 is 3.37. The van der Waals surface area contributed by atoms with Crippen LogP contribution in [0.3, 0.4) is 0 Å². The molecule has 0 aliphatic heterocycles. The number of thioether (sulfide) groups is 1. The van der Waals surface area contributed by atoms with E-state index in [2.05, 4.69) is 29.1 Å². The van der Waals surface area contributed by atoms with E-state index in [9.17, 15) is 5.11 Å². The van der Waals surface area contributed by atoms with Crippen LogP contribution in [0, 0.1) is 0 Å². The zero-order chi connectivity index (χ0) is 11.3. The van der Waals surface area contributed by atoms with Crippen molar-refractivity contribution in [2.45, 2.75) is 25.5 Å². The number of thiophene rings is 1. The summed E-state index contributed by atoms with van der Waals surface area (Å²) in [5.74, 6) is 0.760. The maximum absolute atomic E-state index is 9.98. The number of hydrogen-bond donors (Lipinski definition) is 2. The van der Waals surface area contributed by atoms with Crippen molar-refractivity contribution < 1.29 is 5.11 Å². The highest BCUT2D eigenvalue weighted by Crippen LogP contribution is 2.17. The first-order valence-corrected chi connectivity index (χ1v) is 7.35. The lowest BCUT2D eigenvalue weighted by atomic mass is 10.1. The maximum Gasteiger partial charge on any atom is 0.0833 e. The molecule has 0 saturated heterocycles. The van der Waals surface area contributed by atoms with Crippen molar-refractivity contribution in [2.24, 2.45) is 0 Å². The highest BCUT2D eigenvalue weighted by Gasteiger charge is 2.20. The molecule has 1 aromatic rings. The van der Waals surface area contributed by atoms with Crippen molar-refractivity contribution in [1.82, 2.24) is 5.32 Å². The summed E-state index contributed by atoms with van der Waals surface area (Å²) in [5, 5.41) is 17.6. The van der Waals surface area contributed by atoms with Gasteiger partial charge in [-0.1, -0.05) is 0 Å². The van der Waals surface area contributed by atoms with E-state index in [4.69, 9.17) is 0 Å². The largest absolute Gasteiger partial charge is 0.388 e. The van der Waals surface area contributed by atoms with E-state index in [0.29, 0.717) is 12.6 Å². The second-order valence-electron chi connectivity index (χ2n) is 4.09. The topological polar surface area (TPSA) is 32.3 Å². The van der Waals surface area contributed by atoms with Crippen molar-refractivity contribution in [1.29, 1.82) is 0 Å². The second-order valence-corrected chi connectivity index (χ2v) is 5.74. The van der Waals surface area contributed by atoms with E-state index in [0.717, 1.165) is 5.75 Å². The van der Waals surface area contributed by atoms with E-state index in [-0.39, 0.29) is 0 Å². The van der Waals surface area contributed by atoms with Gasteiger partial charge in [0.2, 0.25) is 0 Å². The molecule has 86 valence electrons. The zero-order valence-electron chi connectivity index (χ0n) is 9.49. The van der Waals surface area contributed by atoms with Gasteiger partial charge in [0.25, 0.3) is 0 Å². The molecule has 0 amide bonds. The van der Waals surface area contributed by atoms with Crippen molar-refractivity contribution in [3.63, 3.8) is 0 Å². The molecule has 0 saturated carbocycles. The summed E-state index contributed by atoms with van der Waals surface area (Å²) in [6, 6.07) is 2.43. The SMILES string of the molecule is CSCC(C)(O)CNC(C)c1ccsc1. The number of hydrogen-bond acceptors (Lipinski definition) is 4. The van der Waals surface area contributed by atoms with E-state index < -0.39 is 5.60 Å². The maximum atomic E-state index is 9.98. The van der Waals surface area contributed by atoms with Gasteiger partial charge in [0.05, 0.1) is 5.60 Å². The van der Waals surface area contributed by atoms with Crippen LogP contribution in [-0.4, -0.2) is 29.3 Å². The molecule has 2 nitrogen and oxygen atoms in total. The van der Waals surface area contributed by atoms with Gasteiger partial charge in [-0.15, -0.1) is 0 Å². The molecule has 1 heterocycles. The Kier molecular flexibility index (Phi) is 5.12. The van der Waals surface area contributed by atoms with Crippen molar-refractivity contribution >= 4 is 23.1 Å². The van der Waals surface area contributed by atoms with Crippen LogP contribution in [0.2, 0.25) is 0 Å². The van der Waals surface area contributed by atoms with Crippen LogP contribution in [0.25, 0.3) is 0 Å². The molecule has 0 aliphatic carbocycles. The van der Waals surface area contributed by atoms with Gasteiger partial charge in [-0.3, -0.25) is 0 Å². The zero-order valence-corrected chi connectivity index (χ0v) is 11.1. The molecular weight excluding hydrogens is 226 g/mol. The molecule has 0 aromatic carbocycles. The van der Waals surface area contributed by atoms with Gasteiger partial charge >= 0.3 is 0 Å². The van der Waals surface area contributed by atoms with Gasteiger partial charge in [-0.2, -0.15) is 23.1 Å². The van der Waals surface area contributed by atoms with Gasteiger partial charge in [0, 0.05) is 18.3 Å². The van der Waals surface area contributed by atoms with Crippen LogP contribution in [-0.2, 0) is 0 Å². The van der Waals surface area contributed by atoms with Crippen molar-refractivity contribution in [2.75, 3.05) is 18.6 Å². The highest BCUT2D eigenvalue weighted by molar-refractivity contribution is 7.98. The molecule has 0 aliphatic rings. The lowest BCUT2D eigenvalue weighted by Crippen LogP contribution is -2.40. The van der Waals surface area contributed by atoms with Crippen LogP contribution in [0.4, 0.5) is 0 Å². The molecular formula is C11H19NOS2. The fourth-order valence-corrected chi connectivity index (χ4v) is 2.85. The van der Waals surface area contributed by atoms with Crippen molar-refractivity contribution in [3.8, 4) is 0 Å². The third-order valence-electron chi connectivity index (χ3n) is 2.29.